The van der Waals surface area contributed by atoms with E-state index in [-0.39, 0.29) is 47.6 Å². The van der Waals surface area contributed by atoms with Gasteiger partial charge >= 0.3 is 6.18 Å². The second-order valence-electron chi connectivity index (χ2n) is 15.5. The molecule has 238 valence electrons. The van der Waals surface area contributed by atoms with Crippen LogP contribution in [0.2, 0.25) is 18.1 Å². The van der Waals surface area contributed by atoms with Crippen molar-refractivity contribution in [3.05, 3.63) is 57.7 Å². The number of pyridine rings is 2. The number of rotatable bonds is 4. The second kappa shape index (κ2) is 10.3. The van der Waals surface area contributed by atoms with Crippen molar-refractivity contribution in [1.29, 1.82) is 0 Å². The molecule has 43 heavy (non-hydrogen) atoms. The highest BCUT2D eigenvalue weighted by atomic mass is 28.4. The van der Waals surface area contributed by atoms with Crippen molar-refractivity contribution < 1.29 is 31.1 Å². The zero-order valence-electron chi connectivity index (χ0n) is 26.8. The third-order valence-electron chi connectivity index (χ3n) is 10.3. The number of hydrogen-bond acceptors (Lipinski definition) is 4. The summed E-state index contributed by atoms with van der Waals surface area (Å²) in [4.78, 5) is 9.16. The number of ether oxygens (including phenoxy) is 1. The van der Waals surface area contributed by atoms with Crippen LogP contribution in [0.25, 0.3) is 0 Å². The Morgan fingerprint density at radius 2 is 1.72 bits per heavy atom. The van der Waals surface area contributed by atoms with Crippen LogP contribution >= 0.6 is 0 Å². The van der Waals surface area contributed by atoms with E-state index in [1.54, 1.807) is 0 Å². The molecule has 0 bridgehead atoms. The van der Waals surface area contributed by atoms with Crippen LogP contribution in [0.3, 0.4) is 0 Å². The summed E-state index contributed by atoms with van der Waals surface area (Å²) in [5, 5.41) is -0.0380. The molecular formula is C33H45F5N2O2Si. The Kier molecular flexibility index (Phi) is 7.78. The molecule has 3 aliphatic rings. The monoisotopic (exact) mass is 624 g/mol. The molecule has 1 fully saturated rings. The van der Waals surface area contributed by atoms with Crippen LogP contribution in [0.15, 0.2) is 18.3 Å². The van der Waals surface area contributed by atoms with Crippen molar-refractivity contribution in [2.24, 2.45) is 5.41 Å². The molecule has 1 spiro atoms. The molecule has 10 heteroatoms. The zero-order chi connectivity index (χ0) is 32.0. The summed E-state index contributed by atoms with van der Waals surface area (Å²) < 4.78 is 84.7. The Hall–Kier alpha value is -1.91. The molecule has 4 nitrogen and oxygen atoms in total. The molecule has 0 radical (unpaired) electrons. The largest absolute Gasteiger partial charge is 0.417 e. The summed E-state index contributed by atoms with van der Waals surface area (Å²) in [5.74, 6) is -4.43. The minimum Gasteiger partial charge on any atom is -0.410 e. The lowest BCUT2D eigenvalue weighted by Crippen LogP contribution is -2.46. The number of nitrogens with zero attached hydrogens (tertiary/aromatic N) is 2. The molecule has 1 saturated carbocycles. The first-order valence-electron chi connectivity index (χ1n) is 15.4. The molecule has 0 N–H and O–H groups in total. The molecule has 2 aromatic rings. The molecular weight excluding hydrogens is 579 g/mol. The van der Waals surface area contributed by atoms with Gasteiger partial charge in [-0.25, -0.2) is 8.78 Å². The highest BCUT2D eigenvalue weighted by Gasteiger charge is 2.58. The van der Waals surface area contributed by atoms with Crippen molar-refractivity contribution in [3.8, 4) is 0 Å². The molecule has 3 heterocycles. The van der Waals surface area contributed by atoms with E-state index in [1.165, 1.54) is 0 Å². The third-order valence-corrected chi connectivity index (χ3v) is 14.8. The normalized spacial score (nSPS) is 27.0. The average Bonchev–Trinajstić information content (AvgIpc) is 3.21. The van der Waals surface area contributed by atoms with E-state index in [0.717, 1.165) is 53.1 Å². The van der Waals surface area contributed by atoms with Crippen LogP contribution in [0.4, 0.5) is 22.0 Å². The second-order valence-corrected chi connectivity index (χ2v) is 20.3. The Morgan fingerprint density at radius 3 is 2.28 bits per heavy atom. The highest BCUT2D eigenvalue weighted by molar-refractivity contribution is 6.74. The Labute approximate surface area is 253 Å². The van der Waals surface area contributed by atoms with Gasteiger partial charge in [0.05, 0.1) is 29.8 Å². The predicted molar refractivity (Wildman–Crippen MR) is 159 cm³/mol. The number of halogens is 5. The predicted octanol–water partition coefficient (Wildman–Crippen LogP) is 9.98. The Balaban J connectivity index is 1.67. The van der Waals surface area contributed by atoms with Crippen LogP contribution in [-0.4, -0.2) is 24.2 Å². The Morgan fingerprint density at radius 1 is 1.05 bits per heavy atom. The highest BCUT2D eigenvalue weighted by Crippen LogP contribution is 2.60. The molecule has 0 aromatic carbocycles. The fourth-order valence-electron chi connectivity index (χ4n) is 6.96. The topological polar surface area (TPSA) is 44.2 Å². The van der Waals surface area contributed by atoms with Gasteiger partial charge in [0.1, 0.15) is 0 Å². The fraction of sp³-hybridized carbons (Fsp3) is 0.697. The number of hydrogen-bond donors (Lipinski definition) is 0. The molecule has 2 aliphatic carbocycles. The van der Waals surface area contributed by atoms with E-state index in [9.17, 15) is 13.2 Å². The van der Waals surface area contributed by atoms with Gasteiger partial charge in [0.2, 0.25) is 0 Å². The molecule has 3 atom stereocenters. The first-order valence-corrected chi connectivity index (χ1v) is 18.3. The van der Waals surface area contributed by atoms with Gasteiger partial charge in [-0.2, -0.15) is 13.2 Å². The van der Waals surface area contributed by atoms with E-state index < -0.39 is 43.9 Å². The number of aromatic nitrogens is 2. The van der Waals surface area contributed by atoms with Crippen molar-refractivity contribution in [2.45, 2.75) is 141 Å². The molecule has 0 amide bonds. The average molecular weight is 625 g/mol. The molecule has 0 saturated heterocycles. The van der Waals surface area contributed by atoms with E-state index in [4.69, 9.17) is 14.1 Å². The maximum absolute atomic E-state index is 15.6. The quantitative estimate of drug-likeness (QED) is 0.251. The van der Waals surface area contributed by atoms with Crippen molar-refractivity contribution in [2.75, 3.05) is 0 Å². The van der Waals surface area contributed by atoms with Gasteiger partial charge in [0.25, 0.3) is 5.92 Å². The van der Waals surface area contributed by atoms with E-state index in [0.29, 0.717) is 6.20 Å². The van der Waals surface area contributed by atoms with Crippen molar-refractivity contribution >= 4 is 8.32 Å². The van der Waals surface area contributed by atoms with Crippen molar-refractivity contribution in [3.63, 3.8) is 0 Å². The van der Waals surface area contributed by atoms with Gasteiger partial charge in [0, 0.05) is 40.8 Å². The maximum atomic E-state index is 15.6. The fourth-order valence-corrected chi connectivity index (χ4v) is 8.23. The van der Waals surface area contributed by atoms with E-state index in [2.05, 4.69) is 66.5 Å². The van der Waals surface area contributed by atoms with Gasteiger partial charge in [-0.15, -0.1) is 0 Å². The summed E-state index contributed by atoms with van der Waals surface area (Å²) in [5.41, 5.74) is 2.66. The third kappa shape index (κ3) is 5.80. The van der Waals surface area contributed by atoms with Crippen LogP contribution in [0, 0.1) is 5.41 Å². The van der Waals surface area contributed by atoms with E-state index in [1.807, 2.05) is 0 Å². The molecule has 5 rings (SSSR count). The Bertz CT molecular complexity index is 1380. The summed E-state index contributed by atoms with van der Waals surface area (Å²) in [6, 6.07) is 1.95. The molecule has 3 unspecified atom stereocenters. The van der Waals surface area contributed by atoms with Gasteiger partial charge < -0.3 is 9.16 Å². The van der Waals surface area contributed by atoms with Gasteiger partial charge in [-0.3, -0.25) is 9.97 Å². The van der Waals surface area contributed by atoms with Crippen LogP contribution in [-0.2, 0) is 34.0 Å². The minimum atomic E-state index is -4.60. The summed E-state index contributed by atoms with van der Waals surface area (Å²) in [7, 11) is -2.25. The standard InChI is InChI=1S/C33H45F5N2O2Si/c1-19(2)28-21-18-41-31(12-13-32(34,35)22(14-31)23-11-10-20(17-39-23)33(36,37)38)27(21)26-24(40-28)15-30(6,7)16-25(26)42-43(8,9)29(3,4)5/h10-11,17,19,22,25H,12-16,18H2,1-9H3. The summed E-state index contributed by atoms with van der Waals surface area (Å²) in [6.07, 6.45) is -3.10. The van der Waals surface area contributed by atoms with Gasteiger partial charge in [-0.05, 0) is 72.8 Å². The first kappa shape index (κ1) is 32.5. The first-order chi connectivity index (χ1) is 19.6. The van der Waals surface area contributed by atoms with E-state index >= 15 is 8.78 Å². The van der Waals surface area contributed by atoms with Crippen molar-refractivity contribution in [1.82, 2.24) is 9.97 Å². The molecule has 1 aliphatic heterocycles. The van der Waals surface area contributed by atoms with Crippen LogP contribution in [0.1, 0.15) is 131 Å². The summed E-state index contributed by atoms with van der Waals surface area (Å²) >= 11 is 0. The van der Waals surface area contributed by atoms with Crippen LogP contribution < -0.4 is 0 Å². The smallest absolute Gasteiger partial charge is 0.410 e. The SMILES string of the molecule is CC(C)c1nc2c(c3c1COC31CCC(F)(F)C(c3ccc(C(F)(F)F)cn3)C1)C(O[Si](C)(C)C(C)(C)C)CC(C)(C)C2. The zero-order valence-corrected chi connectivity index (χ0v) is 27.8. The maximum Gasteiger partial charge on any atom is 0.417 e. The van der Waals surface area contributed by atoms with Gasteiger partial charge in [0.15, 0.2) is 8.32 Å². The van der Waals surface area contributed by atoms with Crippen LogP contribution in [0.5, 0.6) is 0 Å². The molecule has 2 aromatic heterocycles. The van der Waals surface area contributed by atoms with Gasteiger partial charge in [-0.1, -0.05) is 48.5 Å². The lowest BCUT2D eigenvalue weighted by Gasteiger charge is -2.47. The number of fused-ring (bicyclic) bond motifs is 4. The minimum absolute atomic E-state index is 0.0380. The lowest BCUT2D eigenvalue weighted by molar-refractivity contribution is -0.146. The number of alkyl halides is 5. The lowest BCUT2D eigenvalue weighted by atomic mass is 9.66. The summed E-state index contributed by atoms with van der Waals surface area (Å²) in [6.45, 7) is 19.9.